The van der Waals surface area contributed by atoms with Crippen molar-refractivity contribution in [2.45, 2.75) is 6.54 Å². The van der Waals surface area contributed by atoms with E-state index >= 15 is 0 Å². The minimum atomic E-state index is -1.22. The number of thiophene rings is 1. The minimum absolute atomic E-state index is 0.0157. The number of hydrogen-bond donors (Lipinski definition) is 2. The number of carboxylic acids is 1. The molecule has 0 atom stereocenters. The van der Waals surface area contributed by atoms with Crippen LogP contribution in [-0.2, 0) is 11.3 Å². The zero-order chi connectivity index (χ0) is 22.2. The van der Waals surface area contributed by atoms with Crippen molar-refractivity contribution in [3.63, 3.8) is 0 Å². The fraction of sp³-hybridized carbons (Fsp3) is 0.0909. The minimum Gasteiger partial charge on any atom is -0.478 e. The molecule has 0 fully saturated rings. The summed E-state index contributed by atoms with van der Waals surface area (Å²) in [5.41, 5.74) is 0.386. The van der Waals surface area contributed by atoms with Crippen LogP contribution in [0.4, 0.5) is 5.69 Å². The van der Waals surface area contributed by atoms with Crippen molar-refractivity contribution in [2.24, 2.45) is 0 Å². The van der Waals surface area contributed by atoms with Gasteiger partial charge in [-0.3, -0.25) is 14.2 Å². The zero-order valence-corrected chi connectivity index (χ0v) is 17.2. The highest BCUT2D eigenvalue weighted by atomic mass is 32.1. The lowest BCUT2D eigenvalue weighted by Crippen LogP contribution is -2.30. The molecule has 0 saturated carbocycles. The summed E-state index contributed by atoms with van der Waals surface area (Å²) in [6, 6.07) is 13.9. The Hall–Kier alpha value is -4.18. The fourth-order valence-corrected chi connectivity index (χ4v) is 4.36. The van der Waals surface area contributed by atoms with E-state index < -0.39 is 17.4 Å². The first kappa shape index (κ1) is 19.8. The molecule has 0 spiro atoms. The number of carbonyl (C=O) groups is 2. The molecule has 0 saturated heterocycles. The molecule has 0 bridgehead atoms. The predicted molar refractivity (Wildman–Crippen MR) is 117 cm³/mol. The first-order valence-electron chi connectivity index (χ1n) is 9.51. The maximum atomic E-state index is 13.3. The van der Waals surface area contributed by atoms with Crippen molar-refractivity contribution in [3.05, 3.63) is 69.8 Å². The topological polar surface area (TPSA) is 120 Å². The summed E-state index contributed by atoms with van der Waals surface area (Å²) < 4.78 is 11.8. The number of hydrogen-bond acceptors (Lipinski definition) is 7. The van der Waals surface area contributed by atoms with E-state index in [9.17, 15) is 19.5 Å². The first-order chi connectivity index (χ1) is 15.5. The molecule has 1 aliphatic rings. The van der Waals surface area contributed by atoms with Crippen LogP contribution in [0.5, 0.6) is 11.5 Å². The van der Waals surface area contributed by atoms with E-state index in [1.807, 2.05) is 6.07 Å². The van der Waals surface area contributed by atoms with E-state index in [-0.39, 0.29) is 30.1 Å². The molecule has 2 N–H and O–H groups in total. The molecule has 0 aliphatic carbocycles. The Balaban J connectivity index is 1.56. The van der Waals surface area contributed by atoms with Crippen molar-refractivity contribution < 1.29 is 24.2 Å². The highest BCUT2D eigenvalue weighted by Crippen LogP contribution is 2.34. The van der Waals surface area contributed by atoms with Gasteiger partial charge in [0.1, 0.15) is 17.2 Å². The van der Waals surface area contributed by atoms with Gasteiger partial charge in [-0.25, -0.2) is 9.78 Å². The molecule has 9 nitrogen and oxygen atoms in total. The Bertz CT molecular complexity index is 1430. The van der Waals surface area contributed by atoms with Crippen LogP contribution in [0.15, 0.2) is 58.7 Å². The largest absolute Gasteiger partial charge is 0.478 e. The van der Waals surface area contributed by atoms with Crippen molar-refractivity contribution in [2.75, 3.05) is 12.1 Å². The third-order valence-corrected chi connectivity index (χ3v) is 5.79. The monoisotopic (exact) mass is 449 g/mol. The summed E-state index contributed by atoms with van der Waals surface area (Å²) in [5.74, 6) is -0.325. The summed E-state index contributed by atoms with van der Waals surface area (Å²) in [6.07, 6.45) is 0. The highest BCUT2D eigenvalue weighted by Gasteiger charge is 2.22. The van der Waals surface area contributed by atoms with Gasteiger partial charge in [-0.05, 0) is 12.1 Å². The third-order valence-electron chi connectivity index (χ3n) is 4.91. The Kier molecular flexibility index (Phi) is 4.83. The molecule has 0 unspecified atom stereocenters. The number of aromatic carboxylic acids is 1. The first-order valence-corrected chi connectivity index (χ1v) is 10.4. The molecular weight excluding hydrogens is 434 g/mol. The lowest BCUT2D eigenvalue weighted by Gasteiger charge is -2.13. The predicted octanol–water partition coefficient (Wildman–Crippen LogP) is 3.19. The average Bonchev–Trinajstić information content (AvgIpc) is 3.43. The second-order valence-corrected chi connectivity index (χ2v) is 7.80. The molecule has 4 aromatic rings. The van der Waals surface area contributed by atoms with Gasteiger partial charge in [-0.2, -0.15) is 0 Å². The standard InChI is InChI=1S/C22H15N3O6S/c26-17(23-13-6-7-15-16(8-13)31-11-30-15)9-25-19(12-4-2-1-3-5-12)24-20-18(21(25)27)14(10-32-20)22(28)29/h1-8,10H,9,11H2,(H,23,26)(H,28,29). The lowest BCUT2D eigenvalue weighted by atomic mass is 10.2. The van der Waals surface area contributed by atoms with Crippen molar-refractivity contribution in [1.29, 1.82) is 0 Å². The Morgan fingerprint density at radius 2 is 1.91 bits per heavy atom. The SMILES string of the molecule is O=C(Cn1c(-c2ccccc2)nc2scc(C(=O)O)c2c1=O)Nc1ccc2c(c1)OCO2. The van der Waals surface area contributed by atoms with Gasteiger partial charge in [0.15, 0.2) is 11.5 Å². The smallest absolute Gasteiger partial charge is 0.337 e. The van der Waals surface area contributed by atoms with Gasteiger partial charge in [0, 0.05) is 22.7 Å². The van der Waals surface area contributed by atoms with Gasteiger partial charge in [0.2, 0.25) is 12.7 Å². The number of anilines is 1. The van der Waals surface area contributed by atoms with E-state index in [4.69, 9.17) is 9.47 Å². The van der Waals surface area contributed by atoms with Gasteiger partial charge in [-0.15, -0.1) is 11.3 Å². The van der Waals surface area contributed by atoms with E-state index in [0.29, 0.717) is 27.6 Å². The maximum absolute atomic E-state index is 13.3. The molecule has 0 radical (unpaired) electrons. The van der Waals surface area contributed by atoms with Gasteiger partial charge >= 0.3 is 5.97 Å². The Labute approximate surface area is 184 Å². The van der Waals surface area contributed by atoms with Crippen molar-refractivity contribution in [3.8, 4) is 22.9 Å². The summed E-state index contributed by atoms with van der Waals surface area (Å²) in [5, 5.41) is 13.6. The number of aromatic nitrogens is 2. The number of rotatable bonds is 5. The third kappa shape index (κ3) is 3.46. The number of carbonyl (C=O) groups excluding carboxylic acids is 1. The normalized spacial score (nSPS) is 12.1. The fourth-order valence-electron chi connectivity index (χ4n) is 3.45. The van der Waals surface area contributed by atoms with Gasteiger partial charge in [0.05, 0.1) is 10.9 Å². The lowest BCUT2D eigenvalue weighted by molar-refractivity contribution is -0.116. The number of ether oxygens (including phenoxy) is 2. The second kappa shape index (κ2) is 7.82. The summed E-state index contributed by atoms with van der Waals surface area (Å²) in [6.45, 7) is -0.240. The Morgan fingerprint density at radius 1 is 1.12 bits per heavy atom. The van der Waals surface area contributed by atoms with E-state index in [1.54, 1.807) is 42.5 Å². The van der Waals surface area contributed by atoms with E-state index in [2.05, 4.69) is 10.3 Å². The van der Waals surface area contributed by atoms with Crippen LogP contribution in [0.3, 0.4) is 0 Å². The summed E-state index contributed by atoms with van der Waals surface area (Å²) >= 11 is 1.08. The van der Waals surface area contributed by atoms with Crippen LogP contribution < -0.4 is 20.3 Å². The molecule has 160 valence electrons. The molecule has 10 heteroatoms. The van der Waals surface area contributed by atoms with Crippen LogP contribution in [-0.4, -0.2) is 33.3 Å². The maximum Gasteiger partial charge on any atom is 0.337 e. The van der Waals surface area contributed by atoms with Gasteiger partial charge < -0.3 is 19.9 Å². The van der Waals surface area contributed by atoms with Crippen molar-refractivity contribution >= 4 is 39.1 Å². The van der Waals surface area contributed by atoms with E-state index in [1.165, 1.54) is 9.95 Å². The zero-order valence-electron chi connectivity index (χ0n) is 16.4. The summed E-state index contributed by atoms with van der Waals surface area (Å²) in [7, 11) is 0. The molecule has 1 amide bonds. The number of fused-ring (bicyclic) bond motifs is 2. The van der Waals surface area contributed by atoms with Crippen LogP contribution in [0.1, 0.15) is 10.4 Å². The molecule has 3 heterocycles. The van der Waals surface area contributed by atoms with Crippen LogP contribution >= 0.6 is 11.3 Å². The molecule has 1 aliphatic heterocycles. The quantitative estimate of drug-likeness (QED) is 0.480. The van der Waals surface area contributed by atoms with Gasteiger partial charge in [0.25, 0.3) is 5.56 Å². The number of benzene rings is 2. The highest BCUT2D eigenvalue weighted by molar-refractivity contribution is 7.17. The van der Waals surface area contributed by atoms with E-state index in [0.717, 1.165) is 11.3 Å². The van der Waals surface area contributed by atoms with Crippen molar-refractivity contribution in [1.82, 2.24) is 9.55 Å². The van der Waals surface area contributed by atoms with Gasteiger partial charge in [-0.1, -0.05) is 30.3 Å². The average molecular weight is 449 g/mol. The molecular formula is C22H15N3O6S. The molecule has 5 rings (SSSR count). The van der Waals surface area contributed by atoms with Crippen LogP contribution in [0.2, 0.25) is 0 Å². The van der Waals surface area contributed by atoms with Crippen LogP contribution in [0.25, 0.3) is 21.6 Å². The Morgan fingerprint density at radius 3 is 2.69 bits per heavy atom. The second-order valence-electron chi connectivity index (χ2n) is 6.94. The molecule has 2 aromatic heterocycles. The number of nitrogens with one attached hydrogen (secondary N) is 1. The van der Waals surface area contributed by atoms with Crippen LogP contribution in [0, 0.1) is 0 Å². The number of amides is 1. The molecule has 32 heavy (non-hydrogen) atoms. The number of nitrogens with zero attached hydrogens (tertiary/aromatic N) is 2. The molecule has 2 aromatic carbocycles. The summed E-state index contributed by atoms with van der Waals surface area (Å²) in [4.78, 5) is 42.5. The number of carboxylic acid groups (broad SMARTS) is 1.